The zero-order valence-electron chi connectivity index (χ0n) is 12.2. The fourth-order valence-corrected chi connectivity index (χ4v) is 2.60. The molecule has 4 heteroatoms. The summed E-state index contributed by atoms with van der Waals surface area (Å²) in [6, 6.07) is 9.84. The third-order valence-electron chi connectivity index (χ3n) is 3.85. The first-order valence-corrected chi connectivity index (χ1v) is 7.40. The lowest BCUT2D eigenvalue weighted by atomic mass is 10.1. The first kappa shape index (κ1) is 13.7. The molecule has 1 amide bonds. The first-order valence-electron chi connectivity index (χ1n) is 7.40. The predicted molar refractivity (Wildman–Crippen MR) is 81.8 cm³/mol. The summed E-state index contributed by atoms with van der Waals surface area (Å²) in [7, 11) is 0. The smallest absolute Gasteiger partial charge is 0.257 e. The van der Waals surface area contributed by atoms with Gasteiger partial charge in [0.2, 0.25) is 0 Å². The molecule has 0 bridgehead atoms. The van der Waals surface area contributed by atoms with Crippen LogP contribution in [0.2, 0.25) is 0 Å². The van der Waals surface area contributed by atoms with Crippen molar-refractivity contribution in [3.8, 4) is 0 Å². The van der Waals surface area contributed by atoms with Crippen molar-refractivity contribution in [2.24, 2.45) is 0 Å². The summed E-state index contributed by atoms with van der Waals surface area (Å²) < 4.78 is 5.39. The Labute approximate surface area is 124 Å². The monoisotopic (exact) mass is 284 g/mol. The second-order valence-electron chi connectivity index (χ2n) is 5.52. The number of nitrogens with zero attached hydrogens (tertiary/aromatic N) is 1. The molecule has 3 rings (SSSR count). The first-order chi connectivity index (χ1) is 10.2. The molecule has 1 heterocycles. The van der Waals surface area contributed by atoms with Gasteiger partial charge in [0, 0.05) is 24.7 Å². The van der Waals surface area contributed by atoms with E-state index < -0.39 is 0 Å². The number of hydrogen-bond donors (Lipinski definition) is 1. The molecule has 4 nitrogen and oxygen atoms in total. The van der Waals surface area contributed by atoms with Gasteiger partial charge in [0.05, 0.1) is 11.8 Å². The summed E-state index contributed by atoms with van der Waals surface area (Å²) in [5.74, 6) is 0.823. The molecule has 1 fully saturated rings. The topological polar surface area (TPSA) is 59.5 Å². The van der Waals surface area contributed by atoms with Gasteiger partial charge in [0.1, 0.15) is 5.76 Å². The van der Waals surface area contributed by atoms with Gasteiger partial charge < -0.3 is 15.1 Å². The average molecular weight is 284 g/mol. The van der Waals surface area contributed by atoms with E-state index in [2.05, 4.69) is 0 Å². The fourth-order valence-electron chi connectivity index (χ4n) is 2.60. The van der Waals surface area contributed by atoms with Crippen molar-refractivity contribution in [1.29, 1.82) is 0 Å². The molecule has 1 aliphatic carbocycles. The molecule has 2 N–H and O–H groups in total. The molecule has 1 aromatic carbocycles. The molecule has 0 radical (unpaired) electrons. The van der Waals surface area contributed by atoms with Crippen LogP contribution in [0.3, 0.4) is 0 Å². The van der Waals surface area contributed by atoms with Gasteiger partial charge in [-0.15, -0.1) is 0 Å². The SMILES string of the molecule is CCc1occc1C(=O)N(Cc1cccc(N)c1)C1CC1. The van der Waals surface area contributed by atoms with Crippen molar-refractivity contribution in [1.82, 2.24) is 4.90 Å². The quantitative estimate of drug-likeness (QED) is 0.857. The van der Waals surface area contributed by atoms with Crippen LogP contribution in [0, 0.1) is 0 Å². The van der Waals surface area contributed by atoms with Gasteiger partial charge >= 0.3 is 0 Å². The largest absolute Gasteiger partial charge is 0.469 e. The van der Waals surface area contributed by atoms with E-state index in [0.717, 1.165) is 36.3 Å². The molecular weight excluding hydrogens is 264 g/mol. The molecule has 0 spiro atoms. The van der Waals surface area contributed by atoms with E-state index in [9.17, 15) is 4.79 Å². The Bertz CT molecular complexity index is 644. The molecule has 110 valence electrons. The zero-order valence-corrected chi connectivity index (χ0v) is 12.2. The number of anilines is 1. The van der Waals surface area contributed by atoms with Gasteiger partial charge in [-0.3, -0.25) is 4.79 Å². The van der Waals surface area contributed by atoms with Crippen molar-refractivity contribution in [3.05, 3.63) is 53.5 Å². The van der Waals surface area contributed by atoms with E-state index in [1.54, 1.807) is 12.3 Å². The van der Waals surface area contributed by atoms with Gasteiger partial charge in [0.15, 0.2) is 0 Å². The van der Waals surface area contributed by atoms with E-state index in [0.29, 0.717) is 18.2 Å². The van der Waals surface area contributed by atoms with Crippen LogP contribution in [0.5, 0.6) is 0 Å². The number of carbonyl (C=O) groups excluding carboxylic acids is 1. The summed E-state index contributed by atoms with van der Waals surface area (Å²) in [5.41, 5.74) is 8.31. The number of amides is 1. The number of nitrogen functional groups attached to an aromatic ring is 1. The normalized spacial score (nSPS) is 14.1. The maximum atomic E-state index is 12.8. The Kier molecular flexibility index (Phi) is 3.69. The average Bonchev–Trinajstić information content (AvgIpc) is 3.20. The molecule has 21 heavy (non-hydrogen) atoms. The molecular formula is C17H20N2O2. The highest BCUT2D eigenvalue weighted by atomic mass is 16.3. The molecule has 0 aliphatic heterocycles. The standard InChI is InChI=1S/C17H20N2O2/c1-2-16-15(8-9-21-16)17(20)19(14-6-7-14)11-12-4-3-5-13(18)10-12/h3-5,8-10,14H,2,6-7,11,18H2,1H3. The summed E-state index contributed by atoms with van der Waals surface area (Å²) in [5, 5.41) is 0. The molecule has 2 aromatic rings. The van der Waals surface area contributed by atoms with Crippen LogP contribution in [0.25, 0.3) is 0 Å². The third kappa shape index (κ3) is 2.94. The predicted octanol–water partition coefficient (Wildman–Crippen LogP) is 3.23. The molecule has 0 atom stereocenters. The van der Waals surface area contributed by atoms with E-state index in [-0.39, 0.29) is 5.91 Å². The zero-order chi connectivity index (χ0) is 14.8. The van der Waals surface area contributed by atoms with Gasteiger partial charge in [0.25, 0.3) is 5.91 Å². The minimum absolute atomic E-state index is 0.0607. The highest BCUT2D eigenvalue weighted by Crippen LogP contribution is 2.31. The van der Waals surface area contributed by atoms with Crippen molar-refractivity contribution >= 4 is 11.6 Å². The Morgan fingerprint density at radius 3 is 2.86 bits per heavy atom. The molecule has 0 unspecified atom stereocenters. The Morgan fingerprint density at radius 2 is 2.19 bits per heavy atom. The van der Waals surface area contributed by atoms with E-state index in [1.165, 1.54) is 0 Å². The number of furan rings is 1. The van der Waals surface area contributed by atoms with Crippen LogP contribution in [0.4, 0.5) is 5.69 Å². The van der Waals surface area contributed by atoms with Gasteiger partial charge in [-0.25, -0.2) is 0 Å². The van der Waals surface area contributed by atoms with E-state index >= 15 is 0 Å². The fraction of sp³-hybridized carbons (Fsp3) is 0.353. The molecule has 0 saturated heterocycles. The molecule has 1 aliphatic rings. The van der Waals surface area contributed by atoms with Crippen molar-refractivity contribution < 1.29 is 9.21 Å². The molecule has 1 aromatic heterocycles. The number of aryl methyl sites for hydroxylation is 1. The second-order valence-corrected chi connectivity index (χ2v) is 5.52. The van der Waals surface area contributed by atoms with Crippen LogP contribution in [0.1, 0.15) is 41.4 Å². The van der Waals surface area contributed by atoms with E-state index in [4.69, 9.17) is 10.2 Å². The minimum Gasteiger partial charge on any atom is -0.469 e. The number of carbonyl (C=O) groups is 1. The van der Waals surface area contributed by atoms with Crippen LogP contribution >= 0.6 is 0 Å². The summed E-state index contributed by atoms with van der Waals surface area (Å²) in [6.07, 6.45) is 4.48. The second kappa shape index (κ2) is 5.64. The van der Waals surface area contributed by atoms with Crippen LogP contribution in [-0.4, -0.2) is 16.8 Å². The van der Waals surface area contributed by atoms with Crippen molar-refractivity contribution in [2.75, 3.05) is 5.73 Å². The summed E-state index contributed by atoms with van der Waals surface area (Å²) in [6.45, 7) is 2.60. The maximum absolute atomic E-state index is 12.8. The lowest BCUT2D eigenvalue weighted by Crippen LogP contribution is -2.32. The summed E-state index contributed by atoms with van der Waals surface area (Å²) in [4.78, 5) is 14.7. The highest BCUT2D eigenvalue weighted by molar-refractivity contribution is 5.95. The third-order valence-corrected chi connectivity index (χ3v) is 3.85. The van der Waals surface area contributed by atoms with Crippen molar-refractivity contribution in [2.45, 2.75) is 38.8 Å². The van der Waals surface area contributed by atoms with Crippen LogP contribution in [-0.2, 0) is 13.0 Å². The molecule has 1 saturated carbocycles. The minimum atomic E-state index is 0.0607. The van der Waals surface area contributed by atoms with Gasteiger partial charge in [-0.05, 0) is 36.6 Å². The lowest BCUT2D eigenvalue weighted by Gasteiger charge is -2.22. The lowest BCUT2D eigenvalue weighted by molar-refractivity contribution is 0.0727. The highest BCUT2D eigenvalue weighted by Gasteiger charge is 2.34. The Balaban J connectivity index is 1.83. The Hall–Kier alpha value is -2.23. The summed E-state index contributed by atoms with van der Waals surface area (Å²) >= 11 is 0. The van der Waals surface area contributed by atoms with E-state index in [1.807, 2.05) is 36.1 Å². The Morgan fingerprint density at radius 1 is 1.38 bits per heavy atom. The number of rotatable bonds is 5. The number of nitrogens with two attached hydrogens (primary N) is 1. The van der Waals surface area contributed by atoms with Gasteiger partial charge in [-0.1, -0.05) is 19.1 Å². The number of hydrogen-bond acceptors (Lipinski definition) is 3. The van der Waals surface area contributed by atoms with Crippen LogP contribution < -0.4 is 5.73 Å². The van der Waals surface area contributed by atoms with Crippen LogP contribution in [0.15, 0.2) is 41.0 Å². The maximum Gasteiger partial charge on any atom is 0.257 e. The number of benzene rings is 1. The van der Waals surface area contributed by atoms with Crippen molar-refractivity contribution in [3.63, 3.8) is 0 Å². The van der Waals surface area contributed by atoms with Gasteiger partial charge in [-0.2, -0.15) is 0 Å².